The number of ketones is 2. The maximum atomic E-state index is 12.9. The summed E-state index contributed by atoms with van der Waals surface area (Å²) in [5, 5.41) is 10.7. The van der Waals surface area contributed by atoms with Crippen LogP contribution in [0.1, 0.15) is 53.9 Å². The van der Waals surface area contributed by atoms with Crippen molar-refractivity contribution in [3.8, 4) is 0 Å². The van der Waals surface area contributed by atoms with Gasteiger partial charge in [0.25, 0.3) is 0 Å². The lowest BCUT2D eigenvalue weighted by molar-refractivity contribution is -0.130. The zero-order chi connectivity index (χ0) is 17.2. The van der Waals surface area contributed by atoms with E-state index in [1.807, 2.05) is 19.9 Å². The van der Waals surface area contributed by atoms with E-state index in [1.165, 1.54) is 0 Å². The summed E-state index contributed by atoms with van der Waals surface area (Å²) in [4.78, 5) is 25.5. The molecule has 0 aromatic rings. The van der Waals surface area contributed by atoms with Gasteiger partial charge in [0.05, 0.1) is 0 Å². The van der Waals surface area contributed by atoms with Gasteiger partial charge in [0.15, 0.2) is 11.5 Å². The second-order valence-electron chi connectivity index (χ2n) is 8.50. The first-order valence-electron chi connectivity index (χ1n) is 8.55. The molecule has 0 amide bonds. The highest BCUT2D eigenvalue weighted by Crippen LogP contribution is 2.59. The van der Waals surface area contributed by atoms with Crippen molar-refractivity contribution >= 4 is 11.6 Å². The summed E-state index contributed by atoms with van der Waals surface area (Å²) in [6.07, 6.45) is 6.31. The lowest BCUT2D eigenvalue weighted by Crippen LogP contribution is -2.50. The summed E-state index contributed by atoms with van der Waals surface area (Å²) < 4.78 is 0. The zero-order valence-corrected chi connectivity index (χ0v) is 14.7. The van der Waals surface area contributed by atoms with E-state index in [0.717, 1.165) is 24.8 Å². The fourth-order valence-electron chi connectivity index (χ4n) is 5.10. The number of aliphatic hydroxyl groups excluding tert-OH is 1. The van der Waals surface area contributed by atoms with Crippen LogP contribution in [-0.2, 0) is 9.59 Å². The fourth-order valence-corrected chi connectivity index (χ4v) is 5.10. The van der Waals surface area contributed by atoms with Crippen molar-refractivity contribution in [2.45, 2.75) is 53.9 Å². The van der Waals surface area contributed by atoms with E-state index in [1.54, 1.807) is 6.08 Å². The number of hydrogen-bond acceptors (Lipinski definition) is 3. The lowest BCUT2D eigenvalue weighted by atomic mass is 9.49. The van der Waals surface area contributed by atoms with E-state index in [0.29, 0.717) is 11.1 Å². The minimum Gasteiger partial charge on any atom is -0.504 e. The molecule has 3 aliphatic carbocycles. The molecule has 0 spiro atoms. The molecule has 2 atom stereocenters. The highest BCUT2D eigenvalue weighted by atomic mass is 16.3. The van der Waals surface area contributed by atoms with Crippen LogP contribution in [0.4, 0.5) is 0 Å². The molecule has 3 nitrogen and oxygen atoms in total. The topological polar surface area (TPSA) is 54.4 Å². The maximum absolute atomic E-state index is 12.9. The van der Waals surface area contributed by atoms with Gasteiger partial charge in [-0.1, -0.05) is 41.0 Å². The van der Waals surface area contributed by atoms with Gasteiger partial charge in [0, 0.05) is 22.5 Å². The summed E-state index contributed by atoms with van der Waals surface area (Å²) in [5.41, 5.74) is 1.45. The van der Waals surface area contributed by atoms with Crippen LogP contribution in [0.15, 0.2) is 34.6 Å². The molecular weight excluding hydrogens is 288 g/mol. The number of Topliss-reactive ketones (excluding diaryl/α,β-unsaturated/α-hetero) is 1. The van der Waals surface area contributed by atoms with Crippen molar-refractivity contribution < 1.29 is 14.7 Å². The molecule has 0 aromatic heterocycles. The van der Waals surface area contributed by atoms with Crippen LogP contribution in [0.25, 0.3) is 0 Å². The number of rotatable bonds is 1. The minimum absolute atomic E-state index is 0.0236. The Hall–Kier alpha value is -1.64. The number of carbonyl (C=O) groups excluding carboxylic acids is 2. The molecule has 0 bridgehead atoms. The van der Waals surface area contributed by atoms with Crippen LogP contribution in [0.2, 0.25) is 0 Å². The van der Waals surface area contributed by atoms with Gasteiger partial charge in [-0.25, -0.2) is 0 Å². The quantitative estimate of drug-likeness (QED) is 0.785. The van der Waals surface area contributed by atoms with E-state index in [4.69, 9.17) is 0 Å². The molecule has 1 saturated carbocycles. The third-order valence-electron chi connectivity index (χ3n) is 6.02. The molecule has 3 rings (SSSR count). The Kier molecular flexibility index (Phi) is 3.48. The molecule has 0 aliphatic heterocycles. The molecule has 0 radical (unpaired) electrons. The number of aliphatic hydroxyl groups is 1. The number of fused-ring (bicyclic) bond motifs is 3. The lowest BCUT2D eigenvalue weighted by Gasteiger charge is -2.53. The Bertz CT molecular complexity index is 688. The highest BCUT2D eigenvalue weighted by molar-refractivity contribution is 6.11. The highest BCUT2D eigenvalue weighted by Gasteiger charge is 2.56. The summed E-state index contributed by atoms with van der Waals surface area (Å²) >= 11 is 0. The van der Waals surface area contributed by atoms with Crippen LogP contribution < -0.4 is 0 Å². The summed E-state index contributed by atoms with van der Waals surface area (Å²) in [6.45, 7) is 10.2. The van der Waals surface area contributed by atoms with Crippen LogP contribution in [0, 0.1) is 22.7 Å². The van der Waals surface area contributed by atoms with Crippen molar-refractivity contribution in [3.63, 3.8) is 0 Å². The molecule has 1 N–H and O–H groups in total. The Morgan fingerprint density at radius 1 is 1.13 bits per heavy atom. The second kappa shape index (κ2) is 4.93. The SMILES string of the molecule is CC(C)C1=CC2=CC(=O)[C@@H]3C(C)(C)CCC[C@@]3(C)C2=C(O)C1=O. The molecule has 3 heteroatoms. The molecule has 0 unspecified atom stereocenters. The molecule has 0 heterocycles. The van der Waals surface area contributed by atoms with Gasteiger partial charge in [-0.05, 0) is 41.9 Å². The molecule has 3 aliphatic rings. The zero-order valence-electron chi connectivity index (χ0n) is 14.7. The van der Waals surface area contributed by atoms with Gasteiger partial charge in [0.1, 0.15) is 0 Å². The molecule has 0 aromatic carbocycles. The summed E-state index contributed by atoms with van der Waals surface area (Å²) in [6, 6.07) is 0. The van der Waals surface area contributed by atoms with E-state index in [-0.39, 0.29) is 34.6 Å². The third-order valence-corrected chi connectivity index (χ3v) is 6.02. The smallest absolute Gasteiger partial charge is 0.223 e. The Morgan fingerprint density at radius 3 is 2.39 bits per heavy atom. The Labute approximate surface area is 138 Å². The summed E-state index contributed by atoms with van der Waals surface area (Å²) in [5.74, 6) is -0.426. The fraction of sp³-hybridized carbons (Fsp3) is 0.600. The third kappa shape index (κ3) is 2.16. The van der Waals surface area contributed by atoms with Crippen molar-refractivity contribution in [3.05, 3.63) is 34.6 Å². The normalized spacial score (nSPS) is 33.2. The Balaban J connectivity index is 2.24. The first kappa shape index (κ1) is 16.2. The number of carbonyl (C=O) groups is 2. The molecule has 0 saturated heterocycles. The van der Waals surface area contributed by atoms with Crippen molar-refractivity contribution in [1.82, 2.24) is 0 Å². The van der Waals surface area contributed by atoms with Gasteiger partial charge in [-0.3, -0.25) is 9.59 Å². The van der Waals surface area contributed by atoms with Crippen molar-refractivity contribution in [2.24, 2.45) is 22.7 Å². The second-order valence-corrected chi connectivity index (χ2v) is 8.50. The largest absolute Gasteiger partial charge is 0.504 e. The van der Waals surface area contributed by atoms with E-state index in [2.05, 4.69) is 20.8 Å². The van der Waals surface area contributed by atoms with Gasteiger partial charge in [-0.15, -0.1) is 0 Å². The monoisotopic (exact) mass is 314 g/mol. The first-order valence-corrected chi connectivity index (χ1v) is 8.55. The molecule has 23 heavy (non-hydrogen) atoms. The minimum atomic E-state index is -0.457. The summed E-state index contributed by atoms with van der Waals surface area (Å²) in [7, 11) is 0. The van der Waals surface area contributed by atoms with Crippen LogP contribution in [-0.4, -0.2) is 16.7 Å². The van der Waals surface area contributed by atoms with Crippen LogP contribution in [0.3, 0.4) is 0 Å². The van der Waals surface area contributed by atoms with Gasteiger partial charge in [0.2, 0.25) is 5.78 Å². The van der Waals surface area contributed by atoms with E-state index >= 15 is 0 Å². The predicted molar refractivity (Wildman–Crippen MR) is 89.9 cm³/mol. The first-order chi connectivity index (χ1) is 10.6. The predicted octanol–water partition coefficient (Wildman–Crippen LogP) is 4.31. The molecular formula is C20H26O3. The number of hydrogen-bond donors (Lipinski definition) is 1. The number of allylic oxidation sites excluding steroid dienone is 5. The van der Waals surface area contributed by atoms with Crippen LogP contribution in [0.5, 0.6) is 0 Å². The van der Waals surface area contributed by atoms with Crippen molar-refractivity contribution in [2.75, 3.05) is 0 Å². The standard InChI is InChI=1S/C20H26O3/c1-11(2)13-9-12-10-14(21)18-19(3,4)7-6-8-20(18,5)15(12)17(23)16(13)22/h9-11,18,23H,6-8H2,1-5H3/t18-,20+/m1/s1. The molecule has 124 valence electrons. The van der Waals surface area contributed by atoms with E-state index < -0.39 is 5.41 Å². The van der Waals surface area contributed by atoms with E-state index in [9.17, 15) is 14.7 Å². The molecule has 1 fully saturated rings. The average Bonchev–Trinajstić information content (AvgIpc) is 2.40. The van der Waals surface area contributed by atoms with Gasteiger partial charge >= 0.3 is 0 Å². The average molecular weight is 314 g/mol. The maximum Gasteiger partial charge on any atom is 0.223 e. The van der Waals surface area contributed by atoms with Gasteiger partial charge < -0.3 is 5.11 Å². The van der Waals surface area contributed by atoms with Crippen LogP contribution >= 0.6 is 0 Å². The van der Waals surface area contributed by atoms with Crippen molar-refractivity contribution in [1.29, 1.82) is 0 Å². The van der Waals surface area contributed by atoms with Gasteiger partial charge in [-0.2, -0.15) is 0 Å². The Morgan fingerprint density at radius 2 is 1.78 bits per heavy atom.